The van der Waals surface area contributed by atoms with E-state index < -0.39 is 0 Å². The van der Waals surface area contributed by atoms with Crippen molar-refractivity contribution in [3.63, 3.8) is 0 Å². The Morgan fingerprint density at radius 3 is 3.00 bits per heavy atom. The Bertz CT molecular complexity index is 366. The third-order valence-electron chi connectivity index (χ3n) is 2.23. The zero-order valence-corrected chi connectivity index (χ0v) is 11.2. The smallest absolute Gasteiger partial charge is 0.341 e. The van der Waals surface area contributed by atoms with Crippen molar-refractivity contribution in [1.29, 1.82) is 0 Å². The Morgan fingerprint density at radius 1 is 1.59 bits per heavy atom. The molecule has 0 aliphatic heterocycles. The van der Waals surface area contributed by atoms with E-state index >= 15 is 0 Å². The van der Waals surface area contributed by atoms with E-state index in [9.17, 15) is 4.79 Å². The number of rotatable bonds is 7. The van der Waals surface area contributed by atoms with Crippen molar-refractivity contribution >= 4 is 17.7 Å². The molecule has 5 nitrogen and oxygen atoms in total. The second-order valence-electron chi connectivity index (χ2n) is 3.39. The molecule has 0 fully saturated rings. The van der Waals surface area contributed by atoms with Crippen LogP contribution in [0.2, 0.25) is 0 Å². The van der Waals surface area contributed by atoms with E-state index in [0.717, 1.165) is 17.2 Å². The van der Waals surface area contributed by atoms with Gasteiger partial charge < -0.3 is 9.47 Å². The SMILES string of the molecule is CCOC(=O)c1cnn(C)c1CSCCOC. The highest BCUT2D eigenvalue weighted by Crippen LogP contribution is 2.16. The first-order valence-electron chi connectivity index (χ1n) is 5.45. The van der Waals surface area contributed by atoms with Gasteiger partial charge in [-0.2, -0.15) is 16.9 Å². The Hall–Kier alpha value is -1.01. The molecule has 0 amide bonds. The summed E-state index contributed by atoms with van der Waals surface area (Å²) in [7, 11) is 3.50. The van der Waals surface area contributed by atoms with E-state index in [1.807, 2.05) is 7.05 Å². The highest BCUT2D eigenvalue weighted by Gasteiger charge is 2.16. The molecule has 1 aromatic rings. The molecule has 0 saturated carbocycles. The van der Waals surface area contributed by atoms with E-state index in [2.05, 4.69) is 5.10 Å². The summed E-state index contributed by atoms with van der Waals surface area (Å²) in [6, 6.07) is 0. The molecule has 0 bridgehead atoms. The predicted octanol–water partition coefficient (Wildman–Crippen LogP) is 1.48. The number of aromatic nitrogens is 2. The summed E-state index contributed by atoms with van der Waals surface area (Å²) < 4.78 is 11.7. The Labute approximate surface area is 105 Å². The van der Waals surface area contributed by atoms with Crippen molar-refractivity contribution in [2.75, 3.05) is 26.1 Å². The maximum absolute atomic E-state index is 11.7. The maximum Gasteiger partial charge on any atom is 0.341 e. The molecule has 1 aromatic heterocycles. The fraction of sp³-hybridized carbons (Fsp3) is 0.636. The van der Waals surface area contributed by atoms with Gasteiger partial charge in [-0.1, -0.05) is 0 Å². The summed E-state index contributed by atoms with van der Waals surface area (Å²) in [6.07, 6.45) is 1.56. The van der Waals surface area contributed by atoms with Gasteiger partial charge >= 0.3 is 5.97 Å². The van der Waals surface area contributed by atoms with Crippen LogP contribution in [0.25, 0.3) is 0 Å². The fourth-order valence-corrected chi connectivity index (χ4v) is 2.29. The summed E-state index contributed by atoms with van der Waals surface area (Å²) in [5.74, 6) is 1.32. The number of aryl methyl sites for hydroxylation is 1. The van der Waals surface area contributed by atoms with Crippen molar-refractivity contribution in [1.82, 2.24) is 9.78 Å². The lowest BCUT2D eigenvalue weighted by Crippen LogP contribution is -2.08. The van der Waals surface area contributed by atoms with Crippen molar-refractivity contribution < 1.29 is 14.3 Å². The number of hydrogen-bond donors (Lipinski definition) is 0. The number of carbonyl (C=O) groups is 1. The predicted molar refractivity (Wildman–Crippen MR) is 67.2 cm³/mol. The first-order valence-corrected chi connectivity index (χ1v) is 6.60. The third-order valence-corrected chi connectivity index (χ3v) is 3.16. The molecule has 1 rings (SSSR count). The molecule has 0 unspecified atom stereocenters. The van der Waals surface area contributed by atoms with Crippen molar-refractivity contribution in [3.8, 4) is 0 Å². The first kappa shape index (κ1) is 14.1. The van der Waals surface area contributed by atoms with Crippen molar-refractivity contribution in [3.05, 3.63) is 17.5 Å². The van der Waals surface area contributed by atoms with Gasteiger partial charge in [0.25, 0.3) is 0 Å². The number of esters is 1. The molecule has 0 aliphatic rings. The lowest BCUT2D eigenvalue weighted by atomic mass is 10.3. The number of thioether (sulfide) groups is 1. The molecular weight excluding hydrogens is 240 g/mol. The topological polar surface area (TPSA) is 53.3 Å². The van der Waals surface area contributed by atoms with Crippen LogP contribution >= 0.6 is 11.8 Å². The molecule has 17 heavy (non-hydrogen) atoms. The number of hydrogen-bond acceptors (Lipinski definition) is 5. The average molecular weight is 258 g/mol. The quantitative estimate of drug-likeness (QED) is 0.547. The molecule has 0 atom stereocenters. The van der Waals surface area contributed by atoms with Gasteiger partial charge in [0.2, 0.25) is 0 Å². The van der Waals surface area contributed by atoms with Crippen LogP contribution in [0.3, 0.4) is 0 Å². The largest absolute Gasteiger partial charge is 0.462 e. The average Bonchev–Trinajstić information content (AvgIpc) is 2.67. The summed E-state index contributed by atoms with van der Waals surface area (Å²) >= 11 is 1.71. The summed E-state index contributed by atoms with van der Waals surface area (Å²) in [5.41, 5.74) is 1.45. The molecule has 0 aromatic carbocycles. The highest BCUT2D eigenvalue weighted by molar-refractivity contribution is 7.98. The lowest BCUT2D eigenvalue weighted by Gasteiger charge is -2.05. The minimum Gasteiger partial charge on any atom is -0.462 e. The van der Waals surface area contributed by atoms with Crippen LogP contribution in [-0.4, -0.2) is 41.8 Å². The minimum atomic E-state index is -0.303. The van der Waals surface area contributed by atoms with Crippen LogP contribution in [0, 0.1) is 0 Å². The van der Waals surface area contributed by atoms with Crippen LogP contribution in [-0.2, 0) is 22.3 Å². The van der Waals surface area contributed by atoms with E-state index in [0.29, 0.717) is 18.8 Å². The second kappa shape index (κ2) is 7.34. The fourth-order valence-electron chi connectivity index (χ4n) is 1.32. The molecule has 0 saturated heterocycles. The first-order chi connectivity index (χ1) is 8.20. The Balaban J connectivity index is 2.63. The normalized spacial score (nSPS) is 10.5. The van der Waals surface area contributed by atoms with Gasteiger partial charge in [0.15, 0.2) is 0 Å². The standard InChI is InChI=1S/C11H18N2O3S/c1-4-16-11(14)9-7-12-13(2)10(9)8-17-6-5-15-3/h7H,4-6,8H2,1-3H3. The molecule has 96 valence electrons. The van der Waals surface area contributed by atoms with Gasteiger partial charge in [0.1, 0.15) is 5.56 Å². The zero-order chi connectivity index (χ0) is 12.7. The molecule has 0 spiro atoms. The molecular formula is C11H18N2O3S. The summed E-state index contributed by atoms with van der Waals surface area (Å²) in [4.78, 5) is 11.7. The number of ether oxygens (including phenoxy) is 2. The zero-order valence-electron chi connectivity index (χ0n) is 10.4. The summed E-state index contributed by atoms with van der Waals surface area (Å²) in [6.45, 7) is 2.88. The van der Waals surface area contributed by atoms with Gasteiger partial charge in [-0.15, -0.1) is 0 Å². The molecule has 0 N–H and O–H groups in total. The van der Waals surface area contributed by atoms with Gasteiger partial charge in [-0.25, -0.2) is 4.79 Å². The van der Waals surface area contributed by atoms with Crippen LogP contribution in [0.4, 0.5) is 0 Å². The van der Waals surface area contributed by atoms with Crippen LogP contribution in [0.5, 0.6) is 0 Å². The van der Waals surface area contributed by atoms with Crippen molar-refractivity contribution in [2.45, 2.75) is 12.7 Å². The van der Waals surface area contributed by atoms with Crippen molar-refractivity contribution in [2.24, 2.45) is 7.05 Å². The number of nitrogens with zero attached hydrogens (tertiary/aromatic N) is 2. The van der Waals surface area contributed by atoms with Gasteiger partial charge in [0, 0.05) is 25.7 Å². The molecule has 1 heterocycles. The van der Waals surface area contributed by atoms with Gasteiger partial charge in [-0.05, 0) is 6.92 Å². The van der Waals surface area contributed by atoms with Crippen LogP contribution in [0.15, 0.2) is 6.20 Å². The molecule has 6 heteroatoms. The van der Waals surface area contributed by atoms with E-state index in [4.69, 9.17) is 9.47 Å². The Morgan fingerprint density at radius 2 is 2.35 bits per heavy atom. The molecule has 0 aliphatic carbocycles. The third kappa shape index (κ3) is 4.05. The minimum absolute atomic E-state index is 0.303. The van der Waals surface area contributed by atoms with Crippen LogP contribution < -0.4 is 0 Å². The molecule has 0 radical (unpaired) electrons. The number of methoxy groups -OCH3 is 1. The number of carbonyl (C=O) groups excluding carboxylic acids is 1. The monoisotopic (exact) mass is 258 g/mol. The van der Waals surface area contributed by atoms with E-state index in [-0.39, 0.29) is 5.97 Å². The Kier molecular flexibility index (Phi) is 6.07. The lowest BCUT2D eigenvalue weighted by molar-refractivity contribution is 0.0525. The van der Waals surface area contributed by atoms with Gasteiger partial charge in [0.05, 0.1) is 25.1 Å². The van der Waals surface area contributed by atoms with Crippen LogP contribution in [0.1, 0.15) is 23.0 Å². The maximum atomic E-state index is 11.7. The second-order valence-corrected chi connectivity index (χ2v) is 4.50. The van der Waals surface area contributed by atoms with E-state index in [1.54, 1.807) is 36.7 Å². The van der Waals surface area contributed by atoms with E-state index in [1.165, 1.54) is 0 Å². The highest BCUT2D eigenvalue weighted by atomic mass is 32.2. The van der Waals surface area contributed by atoms with Gasteiger partial charge in [-0.3, -0.25) is 4.68 Å². The summed E-state index contributed by atoms with van der Waals surface area (Å²) in [5, 5.41) is 4.09.